The molecule has 1 unspecified atom stereocenters. The van der Waals surface area contributed by atoms with Crippen molar-refractivity contribution in [1.29, 1.82) is 0 Å². The normalized spacial score (nSPS) is 16.2. The van der Waals surface area contributed by atoms with Gasteiger partial charge in [-0.2, -0.15) is 0 Å². The molecule has 0 saturated heterocycles. The van der Waals surface area contributed by atoms with E-state index in [2.05, 4.69) is 183 Å². The van der Waals surface area contributed by atoms with Crippen LogP contribution >= 0.6 is 0 Å². The highest BCUT2D eigenvalue weighted by Crippen LogP contribution is 2.43. The highest BCUT2D eigenvalue weighted by Gasteiger charge is 2.33. The van der Waals surface area contributed by atoms with E-state index in [-0.39, 0.29) is 12.3 Å². The van der Waals surface area contributed by atoms with Gasteiger partial charge in [-0.25, -0.2) is 4.99 Å². The summed E-state index contributed by atoms with van der Waals surface area (Å²) in [4.78, 5) is 7.69. The number of hydrogen-bond acceptors (Lipinski definition) is 3. The number of aliphatic imine (C=N–C) groups is 1. The zero-order valence-electron chi connectivity index (χ0n) is 26.1. The van der Waals surface area contributed by atoms with E-state index in [1.54, 1.807) is 0 Å². The number of benzene rings is 6. The molecule has 8 aromatic rings. The van der Waals surface area contributed by atoms with Crippen LogP contribution in [0.2, 0.25) is 0 Å². The lowest BCUT2D eigenvalue weighted by atomic mass is 9.92. The summed E-state index contributed by atoms with van der Waals surface area (Å²) in [7, 11) is 0. The molecule has 5 nitrogen and oxygen atoms in total. The molecule has 2 atom stereocenters. The van der Waals surface area contributed by atoms with Crippen molar-refractivity contribution >= 4 is 44.7 Å². The van der Waals surface area contributed by atoms with E-state index in [1.165, 1.54) is 38.5 Å². The fraction of sp³-hybridized carbons (Fsp3) is 0.0465. The monoisotopic (exact) mass is 617 g/mol. The number of fused-ring (bicyclic) bond motifs is 8. The second-order valence-electron chi connectivity index (χ2n) is 12.6. The van der Waals surface area contributed by atoms with E-state index in [0.29, 0.717) is 0 Å². The van der Waals surface area contributed by atoms with Crippen LogP contribution in [0.3, 0.4) is 0 Å². The van der Waals surface area contributed by atoms with Gasteiger partial charge in [0.15, 0.2) is 6.17 Å². The van der Waals surface area contributed by atoms with Crippen LogP contribution in [0, 0.1) is 0 Å². The second-order valence-corrected chi connectivity index (χ2v) is 12.6. The standard InChI is InChI=1S/C43H31N5/c1-4-10-31(11-5-1)41-44-42-43(45-41)47-25-23-30-17-19-33(27-40(30)47)38-28-36(48(34-12-6-2-7-13-34)35-14-8-3-9-15-35)20-21-37(38)32-18-16-29-22-24-46(42)39(29)26-32/h1-28,42-43H,(H,44,45)/t42-,43?/m0/s1. The third-order valence-electron chi connectivity index (χ3n) is 9.82. The van der Waals surface area contributed by atoms with Crippen molar-refractivity contribution in [2.24, 2.45) is 4.99 Å². The fourth-order valence-corrected chi connectivity index (χ4v) is 7.51. The Morgan fingerprint density at radius 1 is 0.479 bits per heavy atom. The predicted molar refractivity (Wildman–Crippen MR) is 197 cm³/mol. The molecule has 10 rings (SSSR count). The first-order chi connectivity index (χ1) is 23.8. The van der Waals surface area contributed by atoms with Gasteiger partial charge in [-0.05, 0) is 93.7 Å². The molecule has 5 heteroatoms. The third-order valence-corrected chi connectivity index (χ3v) is 9.82. The molecule has 6 aromatic carbocycles. The van der Waals surface area contributed by atoms with E-state index in [1.807, 2.05) is 6.07 Å². The quantitative estimate of drug-likeness (QED) is 0.213. The van der Waals surface area contributed by atoms with Gasteiger partial charge in [0, 0.05) is 35.0 Å². The van der Waals surface area contributed by atoms with Crippen LogP contribution in [0.4, 0.5) is 17.1 Å². The summed E-state index contributed by atoms with van der Waals surface area (Å²) in [6, 6.07) is 56.7. The SMILES string of the molecule is c1ccc(C2=NC3[C@@H](N2)n2ccc4ccc(cc42)-c2ccc(N(c4ccccc4)c4ccccc4)cc2-c2ccc4ccn3c4c2)cc1. The van der Waals surface area contributed by atoms with Gasteiger partial charge in [0.05, 0.1) is 11.0 Å². The minimum Gasteiger partial charge on any atom is -0.346 e. The van der Waals surface area contributed by atoms with Gasteiger partial charge in [0.2, 0.25) is 0 Å². The Hall–Kier alpha value is -6.33. The summed E-state index contributed by atoms with van der Waals surface area (Å²) in [6.45, 7) is 0. The number of nitrogens with one attached hydrogen (secondary N) is 1. The Labute approximate surface area is 278 Å². The first kappa shape index (κ1) is 26.8. The lowest BCUT2D eigenvalue weighted by Crippen LogP contribution is -2.30. The van der Waals surface area contributed by atoms with Crippen molar-refractivity contribution in [3.63, 3.8) is 0 Å². The Balaban J connectivity index is 1.23. The number of anilines is 3. The number of rotatable bonds is 4. The molecule has 1 N–H and O–H groups in total. The van der Waals surface area contributed by atoms with Gasteiger partial charge < -0.3 is 19.4 Å². The molecule has 2 aromatic heterocycles. The van der Waals surface area contributed by atoms with Crippen molar-refractivity contribution in [3.8, 4) is 22.3 Å². The molecule has 0 amide bonds. The second kappa shape index (κ2) is 10.6. The molecule has 0 fully saturated rings. The minimum absolute atomic E-state index is 0.0983. The van der Waals surface area contributed by atoms with Crippen molar-refractivity contribution in [2.75, 3.05) is 4.90 Å². The average molecular weight is 618 g/mol. The number of aromatic nitrogens is 2. The largest absolute Gasteiger partial charge is 0.346 e. The first-order valence-electron chi connectivity index (χ1n) is 16.4. The molecule has 0 spiro atoms. The Kier molecular flexibility index (Phi) is 5.93. The smallest absolute Gasteiger partial charge is 0.166 e. The summed E-state index contributed by atoms with van der Waals surface area (Å²) >= 11 is 0. The van der Waals surface area contributed by atoms with Crippen LogP contribution in [0.1, 0.15) is 17.9 Å². The molecule has 4 bridgehead atoms. The average Bonchev–Trinajstić information content (AvgIpc) is 3.89. The van der Waals surface area contributed by atoms with Crippen LogP contribution in [0.5, 0.6) is 0 Å². The maximum atomic E-state index is 5.36. The molecule has 0 saturated carbocycles. The summed E-state index contributed by atoms with van der Waals surface area (Å²) in [6.07, 6.45) is 4.12. The molecule has 2 aliphatic rings. The molecule has 228 valence electrons. The highest BCUT2D eigenvalue weighted by atomic mass is 15.3. The molecule has 2 aliphatic heterocycles. The van der Waals surface area contributed by atoms with Gasteiger partial charge in [0.25, 0.3) is 0 Å². The summed E-state index contributed by atoms with van der Waals surface area (Å²) in [5.41, 5.74) is 11.5. The maximum Gasteiger partial charge on any atom is 0.166 e. The van der Waals surface area contributed by atoms with E-state index >= 15 is 0 Å². The predicted octanol–water partition coefficient (Wildman–Crippen LogP) is 10.5. The summed E-state index contributed by atoms with van der Waals surface area (Å²) < 4.78 is 4.70. The number of hydrogen-bond donors (Lipinski definition) is 1. The van der Waals surface area contributed by atoms with E-state index < -0.39 is 0 Å². The molecule has 48 heavy (non-hydrogen) atoms. The first-order valence-corrected chi connectivity index (χ1v) is 16.4. The van der Waals surface area contributed by atoms with Gasteiger partial charge in [-0.1, -0.05) is 97.1 Å². The van der Waals surface area contributed by atoms with Crippen LogP contribution < -0.4 is 10.2 Å². The topological polar surface area (TPSA) is 37.5 Å². The van der Waals surface area contributed by atoms with Gasteiger partial charge in [0.1, 0.15) is 12.0 Å². The van der Waals surface area contributed by atoms with Crippen LogP contribution in [0.25, 0.3) is 44.1 Å². The lowest BCUT2D eigenvalue weighted by molar-refractivity contribution is 0.357. The highest BCUT2D eigenvalue weighted by molar-refractivity contribution is 6.01. The number of nitrogens with zero attached hydrogens (tertiary/aromatic N) is 4. The zero-order valence-corrected chi connectivity index (χ0v) is 26.1. The van der Waals surface area contributed by atoms with Gasteiger partial charge in [-0.3, -0.25) is 0 Å². The van der Waals surface area contributed by atoms with Crippen LogP contribution in [-0.2, 0) is 0 Å². The fourth-order valence-electron chi connectivity index (χ4n) is 7.51. The van der Waals surface area contributed by atoms with Crippen LogP contribution in [-0.4, -0.2) is 15.0 Å². The van der Waals surface area contributed by atoms with E-state index in [4.69, 9.17) is 4.99 Å². The number of para-hydroxylation sites is 2. The Bertz CT molecular complexity index is 2450. The zero-order chi connectivity index (χ0) is 31.6. The molecule has 4 heterocycles. The van der Waals surface area contributed by atoms with E-state index in [0.717, 1.165) is 34.0 Å². The number of amidine groups is 1. The summed E-state index contributed by atoms with van der Waals surface area (Å²) in [5, 5.41) is 6.22. The van der Waals surface area contributed by atoms with Gasteiger partial charge in [-0.15, -0.1) is 0 Å². The van der Waals surface area contributed by atoms with Crippen molar-refractivity contribution < 1.29 is 0 Å². The molecular weight excluding hydrogens is 587 g/mol. The van der Waals surface area contributed by atoms with Crippen molar-refractivity contribution in [1.82, 2.24) is 14.5 Å². The molecule has 0 radical (unpaired) electrons. The Morgan fingerprint density at radius 2 is 1.06 bits per heavy atom. The van der Waals surface area contributed by atoms with Gasteiger partial charge >= 0.3 is 0 Å². The van der Waals surface area contributed by atoms with Crippen LogP contribution in [0.15, 0.2) is 175 Å². The van der Waals surface area contributed by atoms with Crippen molar-refractivity contribution in [3.05, 3.63) is 176 Å². The lowest BCUT2D eigenvalue weighted by Gasteiger charge is -2.27. The Morgan fingerprint density at radius 3 is 1.73 bits per heavy atom. The minimum atomic E-state index is -0.177. The summed E-state index contributed by atoms with van der Waals surface area (Å²) in [5.74, 6) is 0.909. The molecule has 0 aliphatic carbocycles. The third kappa shape index (κ3) is 4.21. The maximum absolute atomic E-state index is 5.36. The van der Waals surface area contributed by atoms with Crippen molar-refractivity contribution in [2.45, 2.75) is 12.3 Å². The molecular formula is C43H31N5. The van der Waals surface area contributed by atoms with E-state index in [9.17, 15) is 0 Å².